The second-order valence-corrected chi connectivity index (χ2v) is 9.09. The number of aromatic amines is 1. The van der Waals surface area contributed by atoms with Gasteiger partial charge < -0.3 is 19.8 Å². The lowest BCUT2D eigenvalue weighted by Crippen LogP contribution is -2.46. The predicted molar refractivity (Wildman–Crippen MR) is 114 cm³/mol. The van der Waals surface area contributed by atoms with E-state index in [1.54, 1.807) is 43.5 Å². The molecular formula is C21H16N2O5S2. The maximum absolute atomic E-state index is 13.2. The van der Waals surface area contributed by atoms with E-state index < -0.39 is 23.1 Å². The third-order valence-corrected chi connectivity index (χ3v) is 7.62. The largest absolute Gasteiger partial charge is 0.497 e. The van der Waals surface area contributed by atoms with Crippen LogP contribution in [0, 0.1) is 5.92 Å². The van der Waals surface area contributed by atoms with Crippen LogP contribution in [0.4, 0.5) is 5.69 Å². The van der Waals surface area contributed by atoms with Gasteiger partial charge >= 0.3 is 10.8 Å². The second-order valence-electron chi connectivity index (χ2n) is 6.93. The van der Waals surface area contributed by atoms with Crippen LogP contribution in [0.15, 0.2) is 58.4 Å². The molecule has 30 heavy (non-hydrogen) atoms. The average Bonchev–Trinajstić information content (AvgIpc) is 3.13. The fraction of sp³-hybridized carbons (Fsp3) is 0.190. The smallest absolute Gasteiger partial charge is 0.317 e. The van der Waals surface area contributed by atoms with Gasteiger partial charge in [0.1, 0.15) is 16.7 Å². The fourth-order valence-corrected chi connectivity index (χ4v) is 6.32. The van der Waals surface area contributed by atoms with Crippen molar-refractivity contribution in [2.24, 2.45) is 5.92 Å². The Morgan fingerprint density at radius 1 is 1.13 bits per heavy atom. The summed E-state index contributed by atoms with van der Waals surface area (Å²) in [4.78, 5) is 41.6. The van der Waals surface area contributed by atoms with Crippen LogP contribution in [0.5, 0.6) is 11.5 Å². The Morgan fingerprint density at radius 3 is 2.67 bits per heavy atom. The first-order valence-corrected chi connectivity index (χ1v) is 10.9. The average molecular weight is 441 g/mol. The Hall–Kier alpha value is -3.04. The molecule has 2 aromatic carbocycles. The van der Waals surface area contributed by atoms with E-state index in [2.05, 4.69) is 10.3 Å². The number of carbonyl (C=O) groups is 2. The van der Waals surface area contributed by atoms with Crippen LogP contribution >= 0.6 is 23.1 Å². The number of esters is 1. The summed E-state index contributed by atoms with van der Waals surface area (Å²) >= 11 is 2.27. The molecule has 3 heterocycles. The first-order valence-electron chi connectivity index (χ1n) is 9.20. The molecule has 2 N–H and O–H groups in total. The maximum Gasteiger partial charge on any atom is 0.317 e. The zero-order chi connectivity index (χ0) is 20.8. The van der Waals surface area contributed by atoms with Gasteiger partial charge in [-0.2, -0.15) is 0 Å². The number of thiazole rings is 1. The molecular weight excluding hydrogens is 424 g/mol. The number of para-hydroxylation sites is 1. The summed E-state index contributed by atoms with van der Waals surface area (Å²) in [6.07, 6.45) is 0. The van der Waals surface area contributed by atoms with Gasteiger partial charge in [-0.1, -0.05) is 41.3 Å². The molecule has 3 atom stereocenters. The van der Waals surface area contributed by atoms with Gasteiger partial charge in [0, 0.05) is 22.0 Å². The van der Waals surface area contributed by atoms with Crippen LogP contribution in [-0.2, 0) is 9.59 Å². The van der Waals surface area contributed by atoms with Gasteiger partial charge in [0.2, 0.25) is 5.91 Å². The van der Waals surface area contributed by atoms with E-state index in [0.29, 0.717) is 22.2 Å². The molecule has 1 amide bonds. The molecule has 5 rings (SSSR count). The molecule has 3 aromatic rings. The third-order valence-electron chi connectivity index (χ3n) is 5.21. The van der Waals surface area contributed by atoms with E-state index in [1.165, 1.54) is 11.8 Å². The Labute approximate surface area is 179 Å². The number of amides is 1. The van der Waals surface area contributed by atoms with E-state index in [9.17, 15) is 14.4 Å². The lowest BCUT2D eigenvalue weighted by Gasteiger charge is -2.38. The summed E-state index contributed by atoms with van der Waals surface area (Å²) in [5.74, 6) is -0.789. The van der Waals surface area contributed by atoms with Crippen LogP contribution in [0.1, 0.15) is 16.4 Å². The monoisotopic (exact) mass is 440 g/mol. The van der Waals surface area contributed by atoms with Crippen molar-refractivity contribution < 1.29 is 19.1 Å². The summed E-state index contributed by atoms with van der Waals surface area (Å²) in [5, 5.41) is 2.74. The number of rotatable bonds is 3. The van der Waals surface area contributed by atoms with E-state index in [4.69, 9.17) is 9.47 Å². The number of ether oxygens (including phenoxy) is 2. The molecule has 1 aromatic heterocycles. The van der Waals surface area contributed by atoms with Gasteiger partial charge in [0.15, 0.2) is 0 Å². The normalized spacial score (nSPS) is 21.6. The highest BCUT2D eigenvalue weighted by Gasteiger charge is 2.51. The van der Waals surface area contributed by atoms with Crippen molar-refractivity contribution >= 4 is 40.7 Å². The number of thioether (sulfide) groups is 1. The zero-order valence-electron chi connectivity index (χ0n) is 15.7. The summed E-state index contributed by atoms with van der Waals surface area (Å²) in [6, 6.07) is 14.2. The molecule has 152 valence electrons. The number of hydrogen-bond donors (Lipinski definition) is 2. The van der Waals surface area contributed by atoms with Crippen LogP contribution in [0.2, 0.25) is 0 Å². The lowest BCUT2D eigenvalue weighted by atomic mass is 9.80. The Kier molecular flexibility index (Phi) is 4.63. The minimum absolute atomic E-state index is 0.209. The minimum Gasteiger partial charge on any atom is -0.497 e. The Balaban J connectivity index is 1.54. The molecule has 0 spiro atoms. The second kappa shape index (κ2) is 7.33. The summed E-state index contributed by atoms with van der Waals surface area (Å²) in [5.41, 5.74) is 1.40. The van der Waals surface area contributed by atoms with Crippen molar-refractivity contribution in [3.63, 3.8) is 0 Å². The highest BCUT2D eigenvalue weighted by Crippen LogP contribution is 2.53. The first-order chi connectivity index (χ1) is 14.5. The predicted octanol–water partition coefficient (Wildman–Crippen LogP) is 3.23. The number of anilines is 1. The third kappa shape index (κ3) is 3.10. The van der Waals surface area contributed by atoms with Crippen LogP contribution in [-0.4, -0.2) is 29.2 Å². The number of nitrogens with one attached hydrogen (secondary N) is 2. The van der Waals surface area contributed by atoms with Crippen molar-refractivity contribution in [3.05, 3.63) is 68.6 Å². The topological polar surface area (TPSA) is 97.5 Å². The summed E-state index contributed by atoms with van der Waals surface area (Å²) in [7, 11) is 1.57. The van der Waals surface area contributed by atoms with Crippen LogP contribution < -0.4 is 19.7 Å². The number of benzene rings is 2. The van der Waals surface area contributed by atoms with Crippen LogP contribution in [0.25, 0.3) is 0 Å². The fourth-order valence-electron chi connectivity index (χ4n) is 3.86. The van der Waals surface area contributed by atoms with Crippen molar-refractivity contribution in [1.82, 2.24) is 4.98 Å². The molecule has 2 aliphatic rings. The summed E-state index contributed by atoms with van der Waals surface area (Å²) in [6.45, 7) is 0. The highest BCUT2D eigenvalue weighted by molar-refractivity contribution is 8.00. The first kappa shape index (κ1) is 19.0. The van der Waals surface area contributed by atoms with Gasteiger partial charge in [0.25, 0.3) is 0 Å². The van der Waals surface area contributed by atoms with Crippen molar-refractivity contribution in [2.75, 3.05) is 12.4 Å². The molecule has 7 nitrogen and oxygen atoms in total. The molecule has 0 bridgehead atoms. The molecule has 0 unspecified atom stereocenters. The van der Waals surface area contributed by atoms with Gasteiger partial charge in [-0.05, 0) is 30.3 Å². The van der Waals surface area contributed by atoms with E-state index in [1.807, 2.05) is 12.1 Å². The Bertz CT molecular complexity index is 1200. The van der Waals surface area contributed by atoms with Gasteiger partial charge in [0.05, 0.1) is 18.1 Å². The minimum atomic E-state index is -0.754. The number of carbonyl (C=O) groups excluding carboxylic acids is 2. The van der Waals surface area contributed by atoms with Gasteiger partial charge in [-0.3, -0.25) is 14.4 Å². The molecule has 9 heteroatoms. The SMILES string of the molecule is COc1ccc(NC(=O)[C@@H]2Sc3[nH]c(=O)sc3[C@H]3c4ccccc4OC(=O)[C@@H]32)cc1. The lowest BCUT2D eigenvalue weighted by molar-refractivity contribution is -0.142. The molecule has 2 aliphatic heterocycles. The number of aromatic nitrogens is 1. The number of hydrogen-bond acceptors (Lipinski definition) is 7. The summed E-state index contributed by atoms with van der Waals surface area (Å²) < 4.78 is 10.7. The van der Waals surface area contributed by atoms with Crippen molar-refractivity contribution in [3.8, 4) is 11.5 Å². The maximum atomic E-state index is 13.2. The number of fused-ring (bicyclic) bond motifs is 5. The van der Waals surface area contributed by atoms with Gasteiger partial charge in [-0.25, -0.2) is 0 Å². The van der Waals surface area contributed by atoms with Crippen LogP contribution in [0.3, 0.4) is 0 Å². The molecule has 0 saturated heterocycles. The quantitative estimate of drug-likeness (QED) is 0.479. The molecule has 0 aliphatic carbocycles. The number of methoxy groups -OCH3 is 1. The van der Waals surface area contributed by atoms with Crippen molar-refractivity contribution in [1.29, 1.82) is 0 Å². The zero-order valence-corrected chi connectivity index (χ0v) is 17.3. The molecule has 0 saturated carbocycles. The standard InChI is InChI=1S/C21H16N2O5S2/c1-27-11-8-6-10(7-9-11)22-18(24)16-15-14(17-19(29-16)23-21(26)30-17)12-4-2-3-5-13(12)28-20(15)25/h2-9,14-16H,1H3,(H,22,24)(H,23,26)/t14-,15-,16+/m0/s1. The Morgan fingerprint density at radius 2 is 1.90 bits per heavy atom. The van der Waals surface area contributed by atoms with Crippen molar-refractivity contribution in [2.45, 2.75) is 16.2 Å². The van der Waals surface area contributed by atoms with E-state index in [-0.39, 0.29) is 10.8 Å². The number of H-pyrrole nitrogens is 1. The van der Waals surface area contributed by atoms with Gasteiger partial charge in [-0.15, -0.1) is 0 Å². The van der Waals surface area contributed by atoms with E-state index in [0.717, 1.165) is 21.8 Å². The molecule has 0 radical (unpaired) electrons. The highest BCUT2D eigenvalue weighted by atomic mass is 32.2. The molecule has 0 fully saturated rings. The van der Waals surface area contributed by atoms with E-state index >= 15 is 0 Å².